The fourth-order valence-electron chi connectivity index (χ4n) is 16.0. The summed E-state index contributed by atoms with van der Waals surface area (Å²) in [7, 11) is 1.14. The molecule has 0 amide bonds. The number of hydrogen-bond donors (Lipinski definition) is 10. The fourth-order valence-corrected chi connectivity index (χ4v) is 16.0. The Hall–Kier alpha value is -3.65. The van der Waals surface area contributed by atoms with Crippen molar-refractivity contribution in [1.29, 1.82) is 0 Å². The van der Waals surface area contributed by atoms with Crippen molar-refractivity contribution >= 4 is 24.0 Å². The maximum absolute atomic E-state index is 15.5. The van der Waals surface area contributed by atoms with Gasteiger partial charge in [-0.05, 0) is 126 Å². The topological polar surface area (TPSA) is 327 Å². The van der Waals surface area contributed by atoms with Crippen LogP contribution in [-0.2, 0) is 52.3 Å². The van der Waals surface area contributed by atoms with Crippen LogP contribution in [0, 0.1) is 50.2 Å². The Morgan fingerprint density at radius 3 is 2.05 bits per heavy atom. The number of rotatable bonds is 11. The van der Waals surface area contributed by atoms with E-state index in [1.54, 1.807) is 12.1 Å². The molecule has 3 heterocycles. The lowest BCUT2D eigenvalue weighted by atomic mass is 9.33. The highest BCUT2D eigenvalue weighted by molar-refractivity contribution is 5.87. The molecular formula is C57H82O21. The van der Waals surface area contributed by atoms with E-state index in [2.05, 4.69) is 54.5 Å². The highest BCUT2D eigenvalue weighted by Gasteiger charge is 2.72. The third-order valence-corrected chi connectivity index (χ3v) is 20.6. The summed E-state index contributed by atoms with van der Waals surface area (Å²) in [6.45, 7) is 14.1. The van der Waals surface area contributed by atoms with E-state index in [1.165, 1.54) is 18.2 Å². The molecule has 4 saturated carbocycles. The molecule has 9 rings (SSSR count). The molecule has 78 heavy (non-hydrogen) atoms. The number of aliphatic hydroxyl groups excluding tert-OH is 9. The maximum atomic E-state index is 15.5. The number of fused-ring (bicyclic) bond motifs is 7. The predicted molar refractivity (Wildman–Crippen MR) is 271 cm³/mol. The number of ether oxygens (including phenoxy) is 8. The quantitative estimate of drug-likeness (QED) is 0.0497. The lowest BCUT2D eigenvalue weighted by Gasteiger charge is -2.71. The second-order valence-electron chi connectivity index (χ2n) is 25.7. The number of phenols is 1. The van der Waals surface area contributed by atoms with Crippen molar-refractivity contribution in [3.63, 3.8) is 0 Å². The number of phenolic OH excluding ortho intramolecular Hbond substituents is 1. The van der Waals surface area contributed by atoms with Gasteiger partial charge in [0, 0.05) is 6.08 Å². The van der Waals surface area contributed by atoms with Crippen molar-refractivity contribution in [2.75, 3.05) is 20.3 Å². The maximum Gasteiger partial charge on any atom is 0.337 e. The van der Waals surface area contributed by atoms with E-state index in [1.807, 2.05) is 0 Å². The van der Waals surface area contributed by atoms with Gasteiger partial charge in [0.25, 0.3) is 0 Å². The van der Waals surface area contributed by atoms with Crippen LogP contribution in [0.4, 0.5) is 0 Å². The van der Waals surface area contributed by atoms with Gasteiger partial charge < -0.3 is 89.0 Å². The first-order valence-electron chi connectivity index (χ1n) is 27.5. The molecule has 21 heteroatoms. The zero-order valence-corrected chi connectivity index (χ0v) is 45.8. The number of methoxy groups -OCH3 is 1. The van der Waals surface area contributed by atoms with Crippen molar-refractivity contribution in [3.05, 3.63) is 47.6 Å². The minimum Gasteiger partial charge on any atom is -0.508 e. The summed E-state index contributed by atoms with van der Waals surface area (Å²) in [4.78, 5) is 41.8. The van der Waals surface area contributed by atoms with E-state index in [0.717, 1.165) is 38.0 Å². The van der Waals surface area contributed by atoms with E-state index >= 15 is 4.79 Å². The molecule has 1 aromatic carbocycles. The van der Waals surface area contributed by atoms with Crippen LogP contribution in [0.25, 0.3) is 6.08 Å². The summed E-state index contributed by atoms with van der Waals surface area (Å²) < 4.78 is 47.1. The molecule has 7 fully saturated rings. The normalized spacial score (nSPS) is 46.8. The van der Waals surface area contributed by atoms with Crippen LogP contribution >= 0.6 is 0 Å². The average molecular weight is 1100 g/mol. The third-order valence-electron chi connectivity index (χ3n) is 20.6. The van der Waals surface area contributed by atoms with Crippen LogP contribution in [0.5, 0.6) is 5.75 Å². The van der Waals surface area contributed by atoms with Gasteiger partial charge in [-0.2, -0.15) is 0 Å². The SMILES string of the molecule is COC(=O)C1OC(OC2CCC3(C)C(CCC4(C)C3CC=C3C5CC(C)(C)CCC5(C(=O)OC5OCC(O)C(OC6OC(CO)C(O)C(O)C6O)C5OC(=O)C=Cc5ccc(O)cc5)C(O)CC34C)C2(C)C)C(O)C(O)C1O. The predicted octanol–water partition coefficient (Wildman–Crippen LogP) is 1.90. The van der Waals surface area contributed by atoms with Crippen LogP contribution < -0.4 is 0 Å². The van der Waals surface area contributed by atoms with Crippen LogP contribution in [0.15, 0.2) is 42.0 Å². The Morgan fingerprint density at radius 2 is 1.38 bits per heavy atom. The fraction of sp³-hybridized carbons (Fsp3) is 0.772. The second-order valence-corrected chi connectivity index (χ2v) is 25.7. The van der Waals surface area contributed by atoms with Gasteiger partial charge >= 0.3 is 17.9 Å². The molecule has 0 aromatic heterocycles. The van der Waals surface area contributed by atoms with Gasteiger partial charge in [-0.25, -0.2) is 9.59 Å². The third kappa shape index (κ3) is 9.85. The summed E-state index contributed by atoms with van der Waals surface area (Å²) >= 11 is 0. The molecule has 1 aromatic rings. The summed E-state index contributed by atoms with van der Waals surface area (Å²) in [5, 5.41) is 109. The number of hydrogen-bond acceptors (Lipinski definition) is 21. The van der Waals surface area contributed by atoms with Gasteiger partial charge in [0.05, 0.1) is 32.5 Å². The Balaban J connectivity index is 0.999. The van der Waals surface area contributed by atoms with Crippen molar-refractivity contribution in [2.24, 2.45) is 50.2 Å². The average Bonchev–Trinajstić information content (AvgIpc) is 2.33. The Morgan fingerprint density at radius 1 is 0.718 bits per heavy atom. The molecule has 3 aliphatic heterocycles. The summed E-state index contributed by atoms with van der Waals surface area (Å²) in [5.74, 6) is -3.01. The first-order valence-corrected chi connectivity index (χ1v) is 27.5. The van der Waals surface area contributed by atoms with Crippen LogP contribution in [0.1, 0.15) is 112 Å². The van der Waals surface area contributed by atoms with Crippen molar-refractivity contribution in [3.8, 4) is 5.75 Å². The monoisotopic (exact) mass is 1100 g/mol. The largest absolute Gasteiger partial charge is 0.508 e. The molecule has 21 nitrogen and oxygen atoms in total. The van der Waals surface area contributed by atoms with Gasteiger partial charge in [0.1, 0.15) is 66.1 Å². The number of allylic oxidation sites excluding steroid dienone is 2. The second kappa shape index (κ2) is 21.6. The number of aliphatic hydroxyl groups is 9. The van der Waals surface area contributed by atoms with Crippen LogP contribution in [-0.4, -0.2) is 188 Å². The minimum absolute atomic E-state index is 0.00156. The molecule has 0 bridgehead atoms. The lowest BCUT2D eigenvalue weighted by Crippen LogP contribution is -2.68. The Bertz CT molecular complexity index is 2430. The molecule has 23 unspecified atom stereocenters. The van der Waals surface area contributed by atoms with E-state index < -0.39 is 152 Å². The standard InChI is InChI=1S/C57H82O21/c1-52(2)21-22-57(51(70)78-50-46(75-37(62)16-11-27-9-12-28(59)13-10-27)44(31(60)26-72-50)76-48-42(67)39(64)38(63)32(25-58)73-48)30(23-52)29-14-15-34-54(5)19-18-36(74-49-43(68)40(65)41(66)45(77-49)47(69)71-8)53(3,4)33(54)17-20-55(34,6)56(29,7)24-35(57)61/h9-14,16,30-36,38-46,48-50,58-61,63-68H,15,17-26H2,1-8H3. The van der Waals surface area contributed by atoms with E-state index in [4.69, 9.17) is 37.9 Å². The zero-order valence-electron chi connectivity index (χ0n) is 45.8. The van der Waals surface area contributed by atoms with Crippen molar-refractivity contribution in [1.82, 2.24) is 0 Å². The first-order chi connectivity index (χ1) is 36.6. The smallest absolute Gasteiger partial charge is 0.337 e. The first kappa shape index (κ1) is 59.0. The number of aromatic hydroxyl groups is 1. The molecule has 8 aliphatic rings. The van der Waals surface area contributed by atoms with E-state index in [0.29, 0.717) is 31.2 Å². The number of carbonyl (C=O) groups excluding carboxylic acids is 3. The van der Waals surface area contributed by atoms with E-state index in [-0.39, 0.29) is 46.7 Å². The van der Waals surface area contributed by atoms with Gasteiger partial charge in [-0.1, -0.05) is 72.2 Å². The molecule has 23 atom stereocenters. The molecule has 0 spiro atoms. The summed E-state index contributed by atoms with van der Waals surface area (Å²) in [6.07, 6.45) is -15.4. The summed E-state index contributed by atoms with van der Waals surface area (Å²) in [6, 6.07) is 5.94. The lowest BCUT2D eigenvalue weighted by molar-refractivity contribution is -0.347. The van der Waals surface area contributed by atoms with E-state index in [9.17, 15) is 60.7 Å². The number of benzene rings is 1. The van der Waals surface area contributed by atoms with Crippen molar-refractivity contribution in [2.45, 2.75) is 204 Å². The van der Waals surface area contributed by atoms with Gasteiger partial charge in [0.15, 0.2) is 24.8 Å². The van der Waals surface area contributed by atoms with Gasteiger partial charge in [-0.3, -0.25) is 4.79 Å². The summed E-state index contributed by atoms with van der Waals surface area (Å²) in [5.41, 5.74) is -1.95. The van der Waals surface area contributed by atoms with Crippen LogP contribution in [0.3, 0.4) is 0 Å². The molecule has 436 valence electrons. The zero-order chi connectivity index (χ0) is 56.8. The highest BCUT2D eigenvalue weighted by atomic mass is 16.8. The van der Waals surface area contributed by atoms with Gasteiger partial charge in [-0.15, -0.1) is 0 Å². The molecule has 0 radical (unpaired) electrons. The highest BCUT2D eigenvalue weighted by Crippen LogP contribution is 2.76. The van der Waals surface area contributed by atoms with Crippen molar-refractivity contribution < 1.29 is 103 Å². The molecule has 10 N–H and O–H groups in total. The van der Waals surface area contributed by atoms with Crippen LogP contribution in [0.2, 0.25) is 0 Å². The molecule has 5 aliphatic carbocycles. The number of carbonyl (C=O) groups is 3. The van der Waals surface area contributed by atoms with Gasteiger partial charge in [0.2, 0.25) is 6.29 Å². The molecular weight excluding hydrogens is 1020 g/mol. The minimum atomic E-state index is -1.91. The number of esters is 3. The Kier molecular flexibility index (Phi) is 16.3. The Labute approximate surface area is 454 Å². The molecule has 3 saturated heterocycles.